The van der Waals surface area contributed by atoms with Gasteiger partial charge in [0.2, 0.25) is 0 Å². The minimum atomic E-state index is -0.198. The molecule has 0 aliphatic carbocycles. The highest BCUT2D eigenvalue weighted by molar-refractivity contribution is 14.1. The maximum atomic E-state index is 12.5. The van der Waals surface area contributed by atoms with Gasteiger partial charge in [0.15, 0.2) is 11.5 Å². The third-order valence-corrected chi connectivity index (χ3v) is 4.44. The van der Waals surface area contributed by atoms with Gasteiger partial charge in [-0.3, -0.25) is 9.78 Å². The predicted octanol–water partition coefficient (Wildman–Crippen LogP) is 4.92. The van der Waals surface area contributed by atoms with Crippen LogP contribution in [0.15, 0.2) is 67.0 Å². The number of amides is 1. The lowest BCUT2D eigenvalue weighted by Crippen LogP contribution is -2.12. The van der Waals surface area contributed by atoms with Crippen LogP contribution in [0.5, 0.6) is 11.5 Å². The Kier molecular flexibility index (Phi) is 6.64. The molecule has 3 aromatic rings. The topological polar surface area (TPSA) is 60.5 Å². The normalized spacial score (nSPS) is 10.3. The average molecular weight is 474 g/mol. The van der Waals surface area contributed by atoms with Crippen LogP contribution < -0.4 is 14.8 Å². The summed E-state index contributed by atoms with van der Waals surface area (Å²) in [5, 5.41) is 2.89. The summed E-state index contributed by atoms with van der Waals surface area (Å²) in [4.78, 5) is 16.6. The third-order valence-electron chi connectivity index (χ3n) is 3.72. The number of hydrogen-bond donors (Lipinski definition) is 1. The van der Waals surface area contributed by atoms with Crippen LogP contribution >= 0.6 is 22.6 Å². The van der Waals surface area contributed by atoms with Crippen LogP contribution in [0.2, 0.25) is 0 Å². The van der Waals surface area contributed by atoms with E-state index in [4.69, 9.17) is 9.47 Å². The number of carbonyl (C=O) groups excluding carboxylic acids is 1. The van der Waals surface area contributed by atoms with Gasteiger partial charge in [0.05, 0.1) is 6.61 Å². The van der Waals surface area contributed by atoms with Crippen molar-refractivity contribution in [2.75, 3.05) is 11.9 Å². The van der Waals surface area contributed by atoms with Crippen molar-refractivity contribution < 1.29 is 14.3 Å². The van der Waals surface area contributed by atoms with Gasteiger partial charge in [0, 0.05) is 32.8 Å². The number of aromatic nitrogens is 1. The maximum absolute atomic E-state index is 12.5. The Morgan fingerprint density at radius 3 is 2.59 bits per heavy atom. The molecule has 1 N–H and O–H groups in total. The first kappa shape index (κ1) is 19.2. The quantitative estimate of drug-likeness (QED) is 0.495. The van der Waals surface area contributed by atoms with E-state index >= 15 is 0 Å². The summed E-state index contributed by atoms with van der Waals surface area (Å²) in [6.07, 6.45) is 3.47. The van der Waals surface area contributed by atoms with Gasteiger partial charge in [0.25, 0.3) is 5.91 Å². The van der Waals surface area contributed by atoms with Gasteiger partial charge >= 0.3 is 0 Å². The molecular weight excluding hydrogens is 455 g/mol. The summed E-state index contributed by atoms with van der Waals surface area (Å²) in [5.74, 6) is 0.930. The molecule has 27 heavy (non-hydrogen) atoms. The van der Waals surface area contributed by atoms with Crippen LogP contribution in [0, 0.1) is 3.57 Å². The lowest BCUT2D eigenvalue weighted by molar-refractivity contribution is 0.102. The van der Waals surface area contributed by atoms with Crippen molar-refractivity contribution in [1.82, 2.24) is 4.98 Å². The first-order chi connectivity index (χ1) is 13.2. The Morgan fingerprint density at radius 2 is 1.89 bits per heavy atom. The first-order valence-electron chi connectivity index (χ1n) is 8.51. The van der Waals surface area contributed by atoms with Crippen LogP contribution in [0.3, 0.4) is 0 Å². The average Bonchev–Trinajstić information content (AvgIpc) is 2.69. The number of nitrogens with zero attached hydrogens (tertiary/aromatic N) is 1. The minimum Gasteiger partial charge on any atom is -0.490 e. The molecule has 0 spiro atoms. The van der Waals surface area contributed by atoms with E-state index in [1.165, 1.54) is 0 Å². The standard InChI is InChI=1S/C21H19IN2O3/c1-2-26-20-12-16(21(25)24-18-8-6-17(22)7-9-18)5-10-19(20)27-14-15-4-3-11-23-13-15/h3-13H,2,14H2,1H3,(H,24,25). The van der Waals surface area contributed by atoms with Crippen molar-refractivity contribution in [2.24, 2.45) is 0 Å². The van der Waals surface area contributed by atoms with Crippen molar-refractivity contribution in [3.63, 3.8) is 0 Å². The van der Waals surface area contributed by atoms with Crippen molar-refractivity contribution in [3.8, 4) is 11.5 Å². The van der Waals surface area contributed by atoms with Crippen LogP contribution in [0.25, 0.3) is 0 Å². The molecule has 0 atom stereocenters. The lowest BCUT2D eigenvalue weighted by atomic mass is 10.1. The van der Waals surface area contributed by atoms with E-state index in [2.05, 4.69) is 32.9 Å². The van der Waals surface area contributed by atoms with Gasteiger partial charge in [-0.2, -0.15) is 0 Å². The SMILES string of the molecule is CCOc1cc(C(=O)Nc2ccc(I)cc2)ccc1OCc1cccnc1. The van der Waals surface area contributed by atoms with E-state index in [9.17, 15) is 4.79 Å². The Bertz CT molecular complexity index is 899. The summed E-state index contributed by atoms with van der Waals surface area (Å²) >= 11 is 2.22. The predicted molar refractivity (Wildman–Crippen MR) is 113 cm³/mol. The molecule has 138 valence electrons. The number of rotatable bonds is 7. The van der Waals surface area contributed by atoms with E-state index in [0.29, 0.717) is 30.3 Å². The zero-order chi connectivity index (χ0) is 19.1. The van der Waals surface area contributed by atoms with Crippen molar-refractivity contribution >= 4 is 34.2 Å². The number of carbonyl (C=O) groups is 1. The van der Waals surface area contributed by atoms with Crippen LogP contribution in [0.4, 0.5) is 5.69 Å². The fraction of sp³-hybridized carbons (Fsp3) is 0.143. The molecule has 0 saturated carbocycles. The van der Waals surface area contributed by atoms with Crippen molar-refractivity contribution in [3.05, 3.63) is 81.7 Å². The second-order valence-corrected chi connectivity index (χ2v) is 6.95. The summed E-state index contributed by atoms with van der Waals surface area (Å²) in [6.45, 7) is 2.75. The molecule has 1 amide bonds. The monoisotopic (exact) mass is 474 g/mol. The number of nitrogens with one attached hydrogen (secondary N) is 1. The number of halogens is 1. The molecule has 2 aromatic carbocycles. The minimum absolute atomic E-state index is 0.198. The number of pyridine rings is 1. The Hall–Kier alpha value is -2.61. The van der Waals surface area contributed by atoms with Crippen LogP contribution in [-0.4, -0.2) is 17.5 Å². The molecule has 5 nitrogen and oxygen atoms in total. The molecule has 1 heterocycles. The molecule has 0 radical (unpaired) electrons. The zero-order valence-electron chi connectivity index (χ0n) is 14.8. The molecule has 0 saturated heterocycles. The number of hydrogen-bond acceptors (Lipinski definition) is 4. The highest BCUT2D eigenvalue weighted by Gasteiger charge is 2.12. The van der Waals surface area contributed by atoms with Gasteiger partial charge in [-0.25, -0.2) is 0 Å². The second kappa shape index (κ2) is 9.36. The molecule has 0 aliphatic rings. The zero-order valence-corrected chi connectivity index (χ0v) is 17.0. The number of anilines is 1. The fourth-order valence-corrected chi connectivity index (χ4v) is 2.78. The summed E-state index contributed by atoms with van der Waals surface area (Å²) in [7, 11) is 0. The number of benzene rings is 2. The fourth-order valence-electron chi connectivity index (χ4n) is 2.42. The molecule has 0 fully saturated rings. The maximum Gasteiger partial charge on any atom is 0.255 e. The lowest BCUT2D eigenvalue weighted by Gasteiger charge is -2.13. The van der Waals surface area contributed by atoms with Gasteiger partial charge in [-0.05, 0) is 78.0 Å². The molecule has 0 bridgehead atoms. The van der Waals surface area contributed by atoms with Crippen LogP contribution in [0.1, 0.15) is 22.8 Å². The summed E-state index contributed by atoms with van der Waals surface area (Å²) in [6, 6.07) is 16.6. The molecule has 0 aliphatic heterocycles. The second-order valence-electron chi connectivity index (χ2n) is 5.71. The largest absolute Gasteiger partial charge is 0.490 e. The van der Waals surface area contributed by atoms with E-state index in [0.717, 1.165) is 14.8 Å². The smallest absolute Gasteiger partial charge is 0.255 e. The Labute approximate surface area is 171 Å². The van der Waals surface area contributed by atoms with E-state index in [1.807, 2.05) is 43.3 Å². The molecule has 1 aromatic heterocycles. The van der Waals surface area contributed by atoms with Crippen molar-refractivity contribution in [2.45, 2.75) is 13.5 Å². The number of ether oxygens (including phenoxy) is 2. The summed E-state index contributed by atoms with van der Waals surface area (Å²) in [5.41, 5.74) is 2.21. The first-order valence-corrected chi connectivity index (χ1v) is 9.59. The van der Waals surface area contributed by atoms with Crippen molar-refractivity contribution in [1.29, 1.82) is 0 Å². The highest BCUT2D eigenvalue weighted by atomic mass is 127. The Morgan fingerprint density at radius 1 is 1.07 bits per heavy atom. The third kappa shape index (κ3) is 5.43. The molecular formula is C21H19IN2O3. The van der Waals surface area contributed by atoms with Gasteiger partial charge in [0.1, 0.15) is 6.61 Å². The molecule has 0 unspecified atom stereocenters. The van der Waals surface area contributed by atoms with E-state index in [1.54, 1.807) is 30.6 Å². The highest BCUT2D eigenvalue weighted by Crippen LogP contribution is 2.29. The van der Waals surface area contributed by atoms with Gasteiger partial charge < -0.3 is 14.8 Å². The van der Waals surface area contributed by atoms with E-state index < -0.39 is 0 Å². The summed E-state index contributed by atoms with van der Waals surface area (Å²) < 4.78 is 12.6. The molecule has 3 rings (SSSR count). The molecule has 6 heteroatoms. The van der Waals surface area contributed by atoms with E-state index in [-0.39, 0.29) is 5.91 Å². The van der Waals surface area contributed by atoms with Crippen LogP contribution in [-0.2, 0) is 6.61 Å². The van der Waals surface area contributed by atoms with Gasteiger partial charge in [-0.1, -0.05) is 6.07 Å². The van der Waals surface area contributed by atoms with Gasteiger partial charge in [-0.15, -0.1) is 0 Å². The Balaban J connectivity index is 1.73.